The lowest BCUT2D eigenvalue weighted by molar-refractivity contribution is 0.0948. The number of carbonyl (C=O) groups excluding carboxylic acids is 1. The number of hydrogen-bond acceptors (Lipinski definition) is 6. The summed E-state index contributed by atoms with van der Waals surface area (Å²) in [7, 11) is 0. The van der Waals surface area contributed by atoms with E-state index in [0.717, 1.165) is 10.4 Å². The maximum atomic E-state index is 13.2. The molecule has 0 radical (unpaired) electrons. The van der Waals surface area contributed by atoms with E-state index in [1.165, 1.54) is 16.0 Å². The Labute approximate surface area is 203 Å². The molecule has 0 amide bonds. The SMILES string of the molecule is O=C(c1ccccc1)n1nc(-c2cccn(Cc3ccoc3)c2=O)cc1NCc1ccc(Cl)s1. The molecule has 0 aliphatic heterocycles. The normalized spacial score (nSPS) is 11.0. The van der Waals surface area contributed by atoms with Crippen molar-refractivity contribution in [3.63, 3.8) is 0 Å². The number of hydrogen-bond donors (Lipinski definition) is 1. The quantitative estimate of drug-likeness (QED) is 0.331. The van der Waals surface area contributed by atoms with Crippen molar-refractivity contribution in [2.75, 3.05) is 5.32 Å². The maximum Gasteiger partial charge on any atom is 0.280 e. The van der Waals surface area contributed by atoms with Gasteiger partial charge in [0.2, 0.25) is 0 Å². The number of aromatic nitrogens is 3. The van der Waals surface area contributed by atoms with Crippen molar-refractivity contribution in [2.45, 2.75) is 13.1 Å². The minimum atomic E-state index is -0.298. The highest BCUT2D eigenvalue weighted by molar-refractivity contribution is 7.16. The summed E-state index contributed by atoms with van der Waals surface area (Å²) in [5, 5.41) is 7.79. The van der Waals surface area contributed by atoms with E-state index in [-0.39, 0.29) is 11.5 Å². The highest BCUT2D eigenvalue weighted by Gasteiger charge is 2.19. The lowest BCUT2D eigenvalue weighted by atomic mass is 10.2. The summed E-state index contributed by atoms with van der Waals surface area (Å²) >= 11 is 7.50. The Bertz CT molecular complexity index is 1490. The molecular weight excluding hydrogens is 472 g/mol. The smallest absolute Gasteiger partial charge is 0.280 e. The zero-order chi connectivity index (χ0) is 23.5. The van der Waals surface area contributed by atoms with Gasteiger partial charge in [-0.3, -0.25) is 9.59 Å². The van der Waals surface area contributed by atoms with Crippen LogP contribution in [-0.4, -0.2) is 20.3 Å². The van der Waals surface area contributed by atoms with E-state index in [4.69, 9.17) is 16.0 Å². The first-order chi connectivity index (χ1) is 16.6. The minimum Gasteiger partial charge on any atom is -0.472 e. The van der Waals surface area contributed by atoms with E-state index >= 15 is 0 Å². The summed E-state index contributed by atoms with van der Waals surface area (Å²) in [6.45, 7) is 0.834. The van der Waals surface area contributed by atoms with Crippen LogP contribution in [0.5, 0.6) is 0 Å². The average Bonchev–Trinajstić information content (AvgIpc) is 3.61. The fourth-order valence-corrected chi connectivity index (χ4v) is 4.58. The first-order valence-corrected chi connectivity index (χ1v) is 11.7. The summed E-state index contributed by atoms with van der Waals surface area (Å²) in [6.07, 6.45) is 4.88. The van der Waals surface area contributed by atoms with E-state index in [0.29, 0.717) is 40.1 Å². The zero-order valence-electron chi connectivity index (χ0n) is 17.8. The van der Waals surface area contributed by atoms with Crippen LogP contribution in [0.2, 0.25) is 4.34 Å². The third kappa shape index (κ3) is 4.59. The van der Waals surface area contributed by atoms with Gasteiger partial charge in [0.25, 0.3) is 11.5 Å². The number of pyridine rings is 1. The molecule has 34 heavy (non-hydrogen) atoms. The molecule has 0 fully saturated rings. The third-order valence-corrected chi connectivity index (χ3v) is 6.46. The van der Waals surface area contributed by atoms with Gasteiger partial charge in [-0.05, 0) is 42.5 Å². The van der Waals surface area contributed by atoms with Crippen LogP contribution in [0.4, 0.5) is 5.82 Å². The van der Waals surface area contributed by atoms with Crippen LogP contribution < -0.4 is 10.9 Å². The van der Waals surface area contributed by atoms with Gasteiger partial charge in [-0.1, -0.05) is 29.8 Å². The topological polar surface area (TPSA) is 82.1 Å². The van der Waals surface area contributed by atoms with Crippen LogP contribution in [0, 0.1) is 0 Å². The summed E-state index contributed by atoms with van der Waals surface area (Å²) < 4.78 is 8.68. The summed E-state index contributed by atoms with van der Waals surface area (Å²) in [4.78, 5) is 27.4. The van der Waals surface area contributed by atoms with Crippen LogP contribution in [0.3, 0.4) is 0 Å². The van der Waals surface area contributed by atoms with Crippen molar-refractivity contribution < 1.29 is 9.21 Å². The molecule has 9 heteroatoms. The summed E-state index contributed by atoms with van der Waals surface area (Å²) in [5.41, 5.74) is 1.96. The number of nitrogens with one attached hydrogen (secondary N) is 1. The van der Waals surface area contributed by atoms with Crippen molar-refractivity contribution in [1.82, 2.24) is 14.3 Å². The molecular formula is C25H19ClN4O3S. The van der Waals surface area contributed by atoms with Crippen molar-refractivity contribution in [1.29, 1.82) is 0 Å². The van der Waals surface area contributed by atoms with Crippen molar-refractivity contribution in [3.05, 3.63) is 116 Å². The Morgan fingerprint density at radius 3 is 2.68 bits per heavy atom. The van der Waals surface area contributed by atoms with Gasteiger partial charge in [0.05, 0.1) is 35.5 Å². The highest BCUT2D eigenvalue weighted by atomic mass is 35.5. The number of carbonyl (C=O) groups is 1. The number of rotatable bonds is 7. The Balaban J connectivity index is 1.52. The second kappa shape index (κ2) is 9.54. The van der Waals surface area contributed by atoms with E-state index in [2.05, 4.69) is 10.4 Å². The molecule has 5 rings (SSSR count). The maximum absolute atomic E-state index is 13.2. The predicted octanol–water partition coefficient (Wildman–Crippen LogP) is 5.37. The Hall–Kier alpha value is -3.88. The molecule has 0 aliphatic rings. The fourth-order valence-electron chi connectivity index (χ4n) is 3.56. The first-order valence-electron chi connectivity index (χ1n) is 10.5. The van der Waals surface area contributed by atoms with Crippen molar-refractivity contribution >= 4 is 34.7 Å². The fraction of sp³-hybridized carbons (Fsp3) is 0.0800. The van der Waals surface area contributed by atoms with Crippen LogP contribution in [0.25, 0.3) is 11.3 Å². The molecule has 5 aromatic rings. The Morgan fingerprint density at radius 1 is 1.09 bits per heavy atom. The summed E-state index contributed by atoms with van der Waals surface area (Å²) in [6, 6.07) is 19.7. The average molecular weight is 491 g/mol. The monoisotopic (exact) mass is 490 g/mol. The summed E-state index contributed by atoms with van der Waals surface area (Å²) in [5.74, 6) is 0.186. The van der Waals surface area contributed by atoms with E-state index < -0.39 is 0 Å². The predicted molar refractivity (Wildman–Crippen MR) is 133 cm³/mol. The minimum absolute atomic E-state index is 0.211. The second-order valence-corrected chi connectivity index (χ2v) is 9.34. The Morgan fingerprint density at radius 2 is 1.94 bits per heavy atom. The molecule has 0 saturated carbocycles. The largest absolute Gasteiger partial charge is 0.472 e. The van der Waals surface area contributed by atoms with Gasteiger partial charge in [-0.2, -0.15) is 9.78 Å². The standard InChI is InChI=1S/C25H19ClN4O3S/c26-22-9-8-19(34-22)14-27-23-13-21(28-30(23)24(31)18-5-2-1-3-6-18)20-7-4-11-29(25(20)32)15-17-10-12-33-16-17/h1-13,16,27H,14-15H2. The number of thiophene rings is 1. The van der Waals surface area contributed by atoms with Crippen molar-refractivity contribution in [3.8, 4) is 11.3 Å². The molecule has 0 saturated heterocycles. The number of halogens is 1. The molecule has 0 aliphatic carbocycles. The van der Waals surface area contributed by atoms with Gasteiger partial charge in [0, 0.05) is 28.3 Å². The van der Waals surface area contributed by atoms with E-state index in [1.807, 2.05) is 24.3 Å². The second-order valence-electron chi connectivity index (χ2n) is 7.54. The molecule has 7 nitrogen and oxygen atoms in total. The lowest BCUT2D eigenvalue weighted by Gasteiger charge is -2.08. The molecule has 1 N–H and O–H groups in total. The molecule has 0 unspecified atom stereocenters. The number of benzene rings is 1. The highest BCUT2D eigenvalue weighted by Crippen LogP contribution is 2.25. The molecule has 0 atom stereocenters. The van der Waals surface area contributed by atoms with Gasteiger partial charge in [-0.15, -0.1) is 11.3 Å². The first kappa shape index (κ1) is 21.9. The lowest BCUT2D eigenvalue weighted by Crippen LogP contribution is -2.21. The third-order valence-electron chi connectivity index (χ3n) is 5.22. The Kier molecular flexibility index (Phi) is 6.16. The van der Waals surface area contributed by atoms with Crippen molar-refractivity contribution in [2.24, 2.45) is 0 Å². The molecule has 170 valence electrons. The zero-order valence-corrected chi connectivity index (χ0v) is 19.4. The molecule has 4 aromatic heterocycles. The van der Waals surface area contributed by atoms with Crippen LogP contribution in [0.1, 0.15) is 20.8 Å². The number of anilines is 1. The number of furan rings is 1. The van der Waals surface area contributed by atoms with Crippen LogP contribution in [0.15, 0.2) is 94.7 Å². The van der Waals surface area contributed by atoms with Gasteiger partial charge >= 0.3 is 0 Å². The van der Waals surface area contributed by atoms with Crippen LogP contribution >= 0.6 is 22.9 Å². The van der Waals surface area contributed by atoms with Gasteiger partial charge in [0.15, 0.2) is 0 Å². The molecule has 0 spiro atoms. The van der Waals surface area contributed by atoms with Crippen LogP contribution in [-0.2, 0) is 13.1 Å². The van der Waals surface area contributed by atoms with Gasteiger partial charge < -0.3 is 14.3 Å². The molecule has 0 bridgehead atoms. The molecule has 1 aromatic carbocycles. The van der Waals surface area contributed by atoms with E-state index in [9.17, 15) is 9.59 Å². The van der Waals surface area contributed by atoms with Gasteiger partial charge in [-0.25, -0.2) is 0 Å². The van der Waals surface area contributed by atoms with E-state index in [1.54, 1.807) is 65.8 Å². The number of nitrogens with zero attached hydrogens (tertiary/aromatic N) is 3. The van der Waals surface area contributed by atoms with Gasteiger partial charge in [0.1, 0.15) is 11.5 Å². The molecule has 4 heterocycles.